The topological polar surface area (TPSA) is 73.5 Å². The van der Waals surface area contributed by atoms with E-state index in [0.29, 0.717) is 29.5 Å². The fourth-order valence-electron chi connectivity index (χ4n) is 3.52. The number of aromatic nitrogens is 2. The highest BCUT2D eigenvalue weighted by Crippen LogP contribution is 2.29. The maximum Gasteiger partial charge on any atom is 0.331 e. The Labute approximate surface area is 170 Å². The third-order valence-corrected chi connectivity index (χ3v) is 4.99. The maximum absolute atomic E-state index is 13.3. The maximum atomic E-state index is 13.3. The summed E-state index contributed by atoms with van der Waals surface area (Å²) in [6.07, 6.45) is 0.817. The first-order valence-electron chi connectivity index (χ1n) is 9.92. The lowest BCUT2D eigenvalue weighted by molar-refractivity contribution is 0.240. The van der Waals surface area contributed by atoms with Gasteiger partial charge in [0.1, 0.15) is 5.75 Å². The molecule has 0 fully saturated rings. The number of aryl methyl sites for hydroxylation is 2. The second-order valence-corrected chi connectivity index (χ2v) is 7.64. The van der Waals surface area contributed by atoms with Crippen LogP contribution in [0.4, 0.5) is 0 Å². The smallest absolute Gasteiger partial charge is 0.331 e. The van der Waals surface area contributed by atoms with Gasteiger partial charge in [-0.3, -0.25) is 13.9 Å². The van der Waals surface area contributed by atoms with Gasteiger partial charge >= 0.3 is 5.69 Å². The largest absolute Gasteiger partial charge is 0.491 e. The number of benzene rings is 2. The quantitative estimate of drug-likeness (QED) is 0.667. The van der Waals surface area contributed by atoms with Gasteiger partial charge in [-0.15, -0.1) is 0 Å². The van der Waals surface area contributed by atoms with E-state index < -0.39 is 0 Å². The van der Waals surface area contributed by atoms with Crippen LogP contribution in [-0.2, 0) is 20.0 Å². The first-order chi connectivity index (χ1) is 13.8. The van der Waals surface area contributed by atoms with E-state index in [4.69, 9.17) is 9.84 Å². The van der Waals surface area contributed by atoms with Crippen molar-refractivity contribution in [1.82, 2.24) is 9.13 Å². The predicted molar refractivity (Wildman–Crippen MR) is 115 cm³/mol. The number of ether oxygens (including phenoxy) is 1. The van der Waals surface area contributed by atoms with Crippen molar-refractivity contribution >= 4 is 10.9 Å². The minimum atomic E-state index is -0.380. The third-order valence-electron chi connectivity index (χ3n) is 4.99. The van der Waals surface area contributed by atoms with Crippen LogP contribution in [0.25, 0.3) is 10.9 Å². The Bertz CT molecular complexity index is 1120. The van der Waals surface area contributed by atoms with Crippen molar-refractivity contribution in [1.29, 1.82) is 0 Å². The molecule has 1 heterocycles. The van der Waals surface area contributed by atoms with E-state index in [0.717, 1.165) is 11.1 Å². The molecule has 0 saturated carbocycles. The summed E-state index contributed by atoms with van der Waals surface area (Å²) in [4.78, 5) is 26.0. The van der Waals surface area contributed by atoms with Crippen LogP contribution in [0.1, 0.15) is 37.0 Å². The Hall–Kier alpha value is -2.86. The van der Waals surface area contributed by atoms with Gasteiger partial charge in [-0.25, -0.2) is 4.79 Å². The van der Waals surface area contributed by atoms with Gasteiger partial charge in [0.25, 0.3) is 5.56 Å². The second-order valence-electron chi connectivity index (χ2n) is 7.64. The highest BCUT2D eigenvalue weighted by atomic mass is 16.5. The Morgan fingerprint density at radius 3 is 2.38 bits per heavy atom. The van der Waals surface area contributed by atoms with E-state index >= 15 is 0 Å². The Morgan fingerprint density at radius 1 is 1.07 bits per heavy atom. The summed E-state index contributed by atoms with van der Waals surface area (Å²) >= 11 is 0. The van der Waals surface area contributed by atoms with Crippen molar-refractivity contribution in [3.8, 4) is 5.75 Å². The number of hydrogen-bond donors (Lipinski definition) is 1. The second kappa shape index (κ2) is 8.66. The summed E-state index contributed by atoms with van der Waals surface area (Å²) in [5, 5.41) is 9.65. The van der Waals surface area contributed by atoms with Crippen molar-refractivity contribution in [2.45, 2.75) is 46.3 Å². The summed E-state index contributed by atoms with van der Waals surface area (Å²) in [6, 6.07) is 11.8. The molecule has 154 valence electrons. The molecule has 1 aromatic heterocycles. The molecule has 0 radical (unpaired) electrons. The lowest BCUT2D eigenvalue weighted by Crippen LogP contribution is -2.39. The molecule has 0 amide bonds. The summed E-state index contributed by atoms with van der Waals surface area (Å²) in [5.41, 5.74) is 2.87. The molecule has 3 rings (SSSR count). The third kappa shape index (κ3) is 4.27. The predicted octanol–water partition coefficient (Wildman–Crippen LogP) is 2.77. The van der Waals surface area contributed by atoms with Crippen LogP contribution in [0.15, 0.2) is 46.0 Å². The minimum absolute atomic E-state index is 0.0478. The molecular weight excluding hydrogens is 368 g/mol. The van der Waals surface area contributed by atoms with Gasteiger partial charge in [0, 0.05) is 32.2 Å². The van der Waals surface area contributed by atoms with Crippen LogP contribution in [0.2, 0.25) is 0 Å². The Morgan fingerprint density at radius 2 is 1.76 bits per heavy atom. The molecule has 1 N–H and O–H groups in total. The van der Waals surface area contributed by atoms with Crippen LogP contribution in [0.5, 0.6) is 5.75 Å². The highest BCUT2D eigenvalue weighted by Gasteiger charge is 2.19. The molecule has 0 spiro atoms. The molecule has 6 nitrogen and oxygen atoms in total. The van der Waals surface area contributed by atoms with Crippen LogP contribution in [0, 0.1) is 6.92 Å². The zero-order valence-electron chi connectivity index (χ0n) is 17.4. The molecule has 6 heteroatoms. The van der Waals surface area contributed by atoms with Gasteiger partial charge < -0.3 is 9.84 Å². The fraction of sp³-hybridized carbons (Fsp3) is 0.391. The van der Waals surface area contributed by atoms with E-state index in [-0.39, 0.29) is 30.5 Å². The van der Waals surface area contributed by atoms with Gasteiger partial charge in [0.05, 0.1) is 17.0 Å². The zero-order valence-corrected chi connectivity index (χ0v) is 17.4. The van der Waals surface area contributed by atoms with Gasteiger partial charge in [0.2, 0.25) is 0 Å². The average Bonchev–Trinajstić information content (AvgIpc) is 2.68. The standard InChI is InChI=1S/C23H28N2O4/c1-15(2)29-20-11-10-19-21(18(20)14-17-8-6-16(3)7-9-17)22(27)25(12-5-13-26)23(28)24(19)4/h6-11,15,26H,5,12-14H2,1-4H3. The molecule has 29 heavy (non-hydrogen) atoms. The van der Waals surface area contributed by atoms with Crippen molar-refractivity contribution < 1.29 is 9.84 Å². The van der Waals surface area contributed by atoms with Crippen molar-refractivity contribution in [3.05, 3.63) is 73.9 Å². The van der Waals surface area contributed by atoms with Crippen molar-refractivity contribution in [2.75, 3.05) is 6.61 Å². The van der Waals surface area contributed by atoms with Gasteiger partial charge in [-0.1, -0.05) is 29.8 Å². The molecule has 0 aliphatic carbocycles. The van der Waals surface area contributed by atoms with Gasteiger partial charge in [-0.05, 0) is 44.9 Å². The number of fused-ring (bicyclic) bond motifs is 1. The molecule has 0 aliphatic rings. The molecular formula is C23H28N2O4. The van der Waals surface area contributed by atoms with Gasteiger partial charge in [-0.2, -0.15) is 0 Å². The fourth-order valence-corrected chi connectivity index (χ4v) is 3.52. The van der Waals surface area contributed by atoms with Crippen LogP contribution in [0.3, 0.4) is 0 Å². The van der Waals surface area contributed by atoms with Crippen LogP contribution < -0.4 is 16.0 Å². The SMILES string of the molecule is Cc1ccc(Cc2c(OC(C)C)ccc3c2c(=O)n(CCCO)c(=O)n3C)cc1. The number of aliphatic hydroxyl groups is 1. The summed E-state index contributed by atoms with van der Waals surface area (Å²) in [5.74, 6) is 0.650. The molecule has 0 unspecified atom stereocenters. The van der Waals surface area contributed by atoms with Gasteiger partial charge in [0.15, 0.2) is 0 Å². The monoisotopic (exact) mass is 396 g/mol. The van der Waals surface area contributed by atoms with E-state index in [1.807, 2.05) is 51.1 Å². The lowest BCUT2D eigenvalue weighted by Gasteiger charge is -2.18. The van der Waals surface area contributed by atoms with E-state index in [2.05, 4.69) is 0 Å². The zero-order chi connectivity index (χ0) is 21.1. The van der Waals surface area contributed by atoms with E-state index in [1.165, 1.54) is 14.7 Å². The molecule has 0 saturated heterocycles. The normalized spacial score (nSPS) is 11.4. The van der Waals surface area contributed by atoms with E-state index in [1.54, 1.807) is 13.1 Å². The number of nitrogens with zero attached hydrogens (tertiary/aromatic N) is 2. The lowest BCUT2D eigenvalue weighted by atomic mass is 9.99. The molecule has 3 aromatic rings. The summed E-state index contributed by atoms with van der Waals surface area (Å²) < 4.78 is 8.72. The molecule has 2 aromatic carbocycles. The number of hydrogen-bond acceptors (Lipinski definition) is 4. The van der Waals surface area contributed by atoms with Crippen molar-refractivity contribution in [2.24, 2.45) is 7.05 Å². The van der Waals surface area contributed by atoms with Crippen LogP contribution >= 0.6 is 0 Å². The molecule has 0 bridgehead atoms. The van der Waals surface area contributed by atoms with Crippen molar-refractivity contribution in [3.63, 3.8) is 0 Å². The van der Waals surface area contributed by atoms with Crippen LogP contribution in [-0.4, -0.2) is 27.0 Å². The first kappa shape index (κ1) is 20.9. The van der Waals surface area contributed by atoms with E-state index in [9.17, 15) is 9.59 Å². The Kier molecular flexibility index (Phi) is 6.23. The Balaban J connectivity index is 2.30. The summed E-state index contributed by atoms with van der Waals surface area (Å²) in [6.45, 7) is 6.02. The average molecular weight is 396 g/mol. The minimum Gasteiger partial charge on any atom is -0.491 e. The highest BCUT2D eigenvalue weighted by molar-refractivity contribution is 5.84. The molecule has 0 aliphatic heterocycles. The number of rotatable bonds is 7. The number of aliphatic hydroxyl groups excluding tert-OH is 1. The molecule has 0 atom stereocenters. The first-order valence-corrected chi connectivity index (χ1v) is 9.92. The summed E-state index contributed by atoms with van der Waals surface area (Å²) in [7, 11) is 1.66.